The standard InChI is InChI=1S/C16H24N2O3/c1-13-11-17(7-8-18(13)9-10-21-2)12-14-3-5-15(6-4-14)16(19)20/h3-6,13H,7-12H2,1-2H3,(H,19,20). The molecule has 1 saturated heterocycles. The first-order valence-electron chi connectivity index (χ1n) is 7.37. The number of carbonyl (C=O) groups is 1. The summed E-state index contributed by atoms with van der Waals surface area (Å²) in [6.45, 7) is 8.01. The number of methoxy groups -OCH3 is 1. The van der Waals surface area contributed by atoms with E-state index in [0.717, 1.165) is 44.9 Å². The van der Waals surface area contributed by atoms with Gasteiger partial charge >= 0.3 is 5.97 Å². The zero-order valence-electron chi connectivity index (χ0n) is 12.8. The van der Waals surface area contributed by atoms with Gasteiger partial charge in [-0.3, -0.25) is 9.80 Å². The molecule has 2 rings (SSSR count). The minimum atomic E-state index is -0.873. The molecule has 0 radical (unpaired) electrons. The van der Waals surface area contributed by atoms with Gasteiger partial charge < -0.3 is 9.84 Å². The topological polar surface area (TPSA) is 53.0 Å². The SMILES string of the molecule is COCCN1CCN(Cc2ccc(C(=O)O)cc2)CC1C. The summed E-state index contributed by atoms with van der Waals surface area (Å²) in [5.41, 5.74) is 1.51. The van der Waals surface area contributed by atoms with Crippen molar-refractivity contribution in [1.29, 1.82) is 0 Å². The molecule has 1 aliphatic rings. The molecule has 1 fully saturated rings. The van der Waals surface area contributed by atoms with E-state index in [-0.39, 0.29) is 0 Å². The number of ether oxygens (including phenoxy) is 1. The minimum Gasteiger partial charge on any atom is -0.478 e. The third-order valence-corrected chi connectivity index (χ3v) is 4.04. The van der Waals surface area contributed by atoms with Gasteiger partial charge in [0.1, 0.15) is 0 Å². The molecule has 0 aromatic heterocycles. The van der Waals surface area contributed by atoms with Crippen LogP contribution in [0.4, 0.5) is 0 Å². The van der Waals surface area contributed by atoms with Crippen LogP contribution in [0.1, 0.15) is 22.8 Å². The second-order valence-corrected chi connectivity index (χ2v) is 5.61. The van der Waals surface area contributed by atoms with Gasteiger partial charge in [-0.15, -0.1) is 0 Å². The number of hydrogen-bond donors (Lipinski definition) is 1. The Morgan fingerprint density at radius 2 is 2.05 bits per heavy atom. The van der Waals surface area contributed by atoms with Crippen LogP contribution in [-0.2, 0) is 11.3 Å². The molecule has 5 heteroatoms. The molecule has 0 amide bonds. The average Bonchev–Trinajstić information content (AvgIpc) is 2.47. The van der Waals surface area contributed by atoms with E-state index in [0.29, 0.717) is 11.6 Å². The molecule has 0 bridgehead atoms. The summed E-state index contributed by atoms with van der Waals surface area (Å²) in [7, 11) is 1.74. The van der Waals surface area contributed by atoms with Crippen LogP contribution in [0.25, 0.3) is 0 Å². The Hall–Kier alpha value is -1.43. The van der Waals surface area contributed by atoms with E-state index in [1.165, 1.54) is 0 Å². The summed E-state index contributed by atoms with van der Waals surface area (Å²) in [5.74, 6) is -0.873. The van der Waals surface area contributed by atoms with Crippen LogP contribution in [-0.4, -0.2) is 66.8 Å². The van der Waals surface area contributed by atoms with Crippen molar-refractivity contribution in [3.63, 3.8) is 0 Å². The van der Waals surface area contributed by atoms with Gasteiger partial charge in [0.2, 0.25) is 0 Å². The lowest BCUT2D eigenvalue weighted by Gasteiger charge is -2.39. The number of piperazine rings is 1. The van der Waals surface area contributed by atoms with Crippen molar-refractivity contribution in [3.8, 4) is 0 Å². The number of carboxylic acids is 1. The van der Waals surface area contributed by atoms with Crippen molar-refractivity contribution in [1.82, 2.24) is 9.80 Å². The largest absolute Gasteiger partial charge is 0.478 e. The molecule has 5 nitrogen and oxygen atoms in total. The number of aromatic carboxylic acids is 1. The summed E-state index contributed by atoms with van der Waals surface area (Å²) in [4.78, 5) is 15.7. The highest BCUT2D eigenvalue weighted by atomic mass is 16.5. The Balaban J connectivity index is 1.85. The average molecular weight is 292 g/mol. The molecular formula is C16H24N2O3. The first-order valence-corrected chi connectivity index (χ1v) is 7.37. The predicted octanol–water partition coefficient (Wildman–Crippen LogP) is 1.54. The lowest BCUT2D eigenvalue weighted by Crippen LogP contribution is -2.52. The Kier molecular flexibility index (Phi) is 5.73. The lowest BCUT2D eigenvalue weighted by molar-refractivity contribution is 0.0557. The van der Waals surface area contributed by atoms with E-state index >= 15 is 0 Å². The molecule has 1 heterocycles. The van der Waals surface area contributed by atoms with Gasteiger partial charge in [0.15, 0.2) is 0 Å². The maximum atomic E-state index is 10.8. The summed E-state index contributed by atoms with van der Waals surface area (Å²) >= 11 is 0. The highest BCUT2D eigenvalue weighted by Gasteiger charge is 2.23. The fourth-order valence-corrected chi connectivity index (χ4v) is 2.77. The molecule has 1 unspecified atom stereocenters. The van der Waals surface area contributed by atoms with Gasteiger partial charge in [0.25, 0.3) is 0 Å². The highest BCUT2D eigenvalue weighted by Crippen LogP contribution is 2.13. The van der Waals surface area contributed by atoms with Crippen molar-refractivity contribution >= 4 is 5.97 Å². The summed E-state index contributed by atoms with van der Waals surface area (Å²) in [6, 6.07) is 7.69. The van der Waals surface area contributed by atoms with Crippen LogP contribution in [0.5, 0.6) is 0 Å². The second kappa shape index (κ2) is 7.54. The number of carboxylic acid groups (broad SMARTS) is 1. The van der Waals surface area contributed by atoms with Gasteiger partial charge in [-0.1, -0.05) is 12.1 Å². The molecule has 1 aromatic carbocycles. The molecule has 1 atom stereocenters. The van der Waals surface area contributed by atoms with Crippen LogP contribution in [0, 0.1) is 0 Å². The molecule has 1 aliphatic heterocycles. The van der Waals surface area contributed by atoms with Crippen LogP contribution < -0.4 is 0 Å². The molecular weight excluding hydrogens is 268 g/mol. The van der Waals surface area contributed by atoms with Gasteiger partial charge in [-0.25, -0.2) is 4.79 Å². The second-order valence-electron chi connectivity index (χ2n) is 5.61. The monoisotopic (exact) mass is 292 g/mol. The molecule has 0 spiro atoms. The van der Waals surface area contributed by atoms with Crippen molar-refractivity contribution < 1.29 is 14.6 Å². The fourth-order valence-electron chi connectivity index (χ4n) is 2.77. The number of hydrogen-bond acceptors (Lipinski definition) is 4. The Bertz CT molecular complexity index is 461. The van der Waals surface area contributed by atoms with E-state index in [1.807, 2.05) is 12.1 Å². The lowest BCUT2D eigenvalue weighted by atomic mass is 10.1. The number of nitrogens with zero attached hydrogens (tertiary/aromatic N) is 2. The normalized spacial score (nSPS) is 20.6. The maximum Gasteiger partial charge on any atom is 0.335 e. The van der Waals surface area contributed by atoms with E-state index in [9.17, 15) is 4.79 Å². The summed E-state index contributed by atoms with van der Waals surface area (Å²) in [5, 5.41) is 8.91. The van der Waals surface area contributed by atoms with Crippen molar-refractivity contribution in [2.75, 3.05) is 39.9 Å². The van der Waals surface area contributed by atoms with Crippen LogP contribution in [0.15, 0.2) is 24.3 Å². The molecule has 0 saturated carbocycles. The summed E-state index contributed by atoms with van der Waals surface area (Å²) in [6.07, 6.45) is 0. The van der Waals surface area contributed by atoms with Gasteiger partial charge in [0, 0.05) is 45.9 Å². The molecule has 0 aliphatic carbocycles. The number of benzene rings is 1. The van der Waals surface area contributed by atoms with Crippen molar-refractivity contribution in [2.24, 2.45) is 0 Å². The van der Waals surface area contributed by atoms with E-state index < -0.39 is 5.97 Å². The smallest absolute Gasteiger partial charge is 0.335 e. The fraction of sp³-hybridized carbons (Fsp3) is 0.562. The molecule has 116 valence electrons. The Labute approximate surface area is 126 Å². The summed E-state index contributed by atoms with van der Waals surface area (Å²) < 4.78 is 5.14. The zero-order valence-corrected chi connectivity index (χ0v) is 12.8. The first-order chi connectivity index (χ1) is 10.1. The number of rotatable bonds is 6. The van der Waals surface area contributed by atoms with E-state index in [1.54, 1.807) is 19.2 Å². The van der Waals surface area contributed by atoms with Crippen LogP contribution in [0.2, 0.25) is 0 Å². The molecule has 21 heavy (non-hydrogen) atoms. The third kappa shape index (κ3) is 4.52. The maximum absolute atomic E-state index is 10.8. The Morgan fingerprint density at radius 1 is 1.33 bits per heavy atom. The van der Waals surface area contributed by atoms with Crippen LogP contribution >= 0.6 is 0 Å². The van der Waals surface area contributed by atoms with Crippen molar-refractivity contribution in [3.05, 3.63) is 35.4 Å². The first kappa shape index (κ1) is 15.9. The molecule has 1 aromatic rings. The van der Waals surface area contributed by atoms with Crippen molar-refractivity contribution in [2.45, 2.75) is 19.5 Å². The predicted molar refractivity (Wildman–Crippen MR) is 81.6 cm³/mol. The highest BCUT2D eigenvalue weighted by molar-refractivity contribution is 5.87. The van der Waals surface area contributed by atoms with Crippen LogP contribution in [0.3, 0.4) is 0 Å². The van der Waals surface area contributed by atoms with Gasteiger partial charge in [0.05, 0.1) is 12.2 Å². The van der Waals surface area contributed by atoms with E-state index in [4.69, 9.17) is 9.84 Å². The minimum absolute atomic E-state index is 0.344. The zero-order chi connectivity index (χ0) is 15.2. The van der Waals surface area contributed by atoms with Gasteiger partial charge in [-0.05, 0) is 24.6 Å². The van der Waals surface area contributed by atoms with E-state index in [2.05, 4.69) is 16.7 Å². The Morgan fingerprint density at radius 3 is 2.62 bits per heavy atom. The third-order valence-electron chi connectivity index (χ3n) is 4.04. The quantitative estimate of drug-likeness (QED) is 0.862. The van der Waals surface area contributed by atoms with Gasteiger partial charge in [-0.2, -0.15) is 0 Å². The molecule has 1 N–H and O–H groups in total.